The van der Waals surface area contributed by atoms with E-state index in [2.05, 4.69) is 41.4 Å². The van der Waals surface area contributed by atoms with E-state index < -0.39 is 0 Å². The van der Waals surface area contributed by atoms with E-state index in [0.29, 0.717) is 18.0 Å². The van der Waals surface area contributed by atoms with Crippen LogP contribution in [0.3, 0.4) is 0 Å². The van der Waals surface area contributed by atoms with Crippen LogP contribution < -0.4 is 5.32 Å². The van der Waals surface area contributed by atoms with Gasteiger partial charge in [0.25, 0.3) is 0 Å². The Morgan fingerprint density at radius 3 is 3.00 bits per heavy atom. The van der Waals surface area contributed by atoms with Gasteiger partial charge in [0.05, 0.1) is 11.2 Å². The van der Waals surface area contributed by atoms with Crippen molar-refractivity contribution >= 4 is 11.3 Å². The summed E-state index contributed by atoms with van der Waals surface area (Å²) < 4.78 is 0. The molecule has 0 radical (unpaired) electrons. The number of nitrogens with zero attached hydrogens (tertiary/aromatic N) is 2. The van der Waals surface area contributed by atoms with Crippen LogP contribution in [-0.2, 0) is 6.42 Å². The van der Waals surface area contributed by atoms with Crippen LogP contribution in [0.2, 0.25) is 0 Å². The molecule has 1 saturated heterocycles. The Labute approximate surface area is 115 Å². The second kappa shape index (κ2) is 6.64. The first-order valence-electron chi connectivity index (χ1n) is 7.05. The molecule has 1 aliphatic heterocycles. The minimum absolute atomic E-state index is 0.642. The Morgan fingerprint density at radius 1 is 1.56 bits per heavy atom. The van der Waals surface area contributed by atoms with Crippen LogP contribution in [0.1, 0.15) is 32.9 Å². The highest BCUT2D eigenvalue weighted by molar-refractivity contribution is 7.07. The molecule has 1 aromatic heterocycles. The van der Waals surface area contributed by atoms with Crippen molar-refractivity contribution in [3.8, 4) is 0 Å². The molecule has 0 saturated carbocycles. The van der Waals surface area contributed by atoms with Crippen LogP contribution in [0.5, 0.6) is 0 Å². The molecule has 0 spiro atoms. The van der Waals surface area contributed by atoms with E-state index in [1.807, 2.05) is 5.51 Å². The summed E-state index contributed by atoms with van der Waals surface area (Å²) in [6, 6.07) is 1.34. The fourth-order valence-electron chi connectivity index (χ4n) is 2.62. The third kappa shape index (κ3) is 3.53. The summed E-state index contributed by atoms with van der Waals surface area (Å²) in [7, 11) is 0. The molecule has 0 aliphatic carbocycles. The van der Waals surface area contributed by atoms with Crippen molar-refractivity contribution in [1.82, 2.24) is 15.2 Å². The molecule has 1 N–H and O–H groups in total. The van der Waals surface area contributed by atoms with E-state index in [9.17, 15) is 0 Å². The van der Waals surface area contributed by atoms with Crippen LogP contribution in [0.15, 0.2) is 10.9 Å². The number of hydrogen-bond donors (Lipinski definition) is 1. The maximum absolute atomic E-state index is 4.38. The van der Waals surface area contributed by atoms with Crippen LogP contribution in [0.4, 0.5) is 0 Å². The monoisotopic (exact) mass is 267 g/mol. The number of aromatic nitrogens is 1. The Kier molecular flexibility index (Phi) is 5.15. The number of rotatable bonds is 5. The van der Waals surface area contributed by atoms with Crippen molar-refractivity contribution in [3.05, 3.63) is 16.6 Å². The number of nitrogens with one attached hydrogen (secondary N) is 1. The van der Waals surface area contributed by atoms with Crippen molar-refractivity contribution < 1.29 is 0 Å². The molecule has 2 heterocycles. The molecule has 1 aliphatic rings. The van der Waals surface area contributed by atoms with Crippen molar-refractivity contribution in [2.75, 3.05) is 19.6 Å². The van der Waals surface area contributed by atoms with Gasteiger partial charge in [0.1, 0.15) is 0 Å². The standard InChI is InChI=1S/C14H25N3S/c1-4-13-7-15-14(11(2)3)8-17(13)6-5-12-9-18-10-16-12/h9-11,13-15H,4-8H2,1-3H3. The molecule has 102 valence electrons. The molecule has 3 nitrogen and oxygen atoms in total. The molecular weight excluding hydrogens is 242 g/mol. The first-order chi connectivity index (χ1) is 8.70. The van der Waals surface area contributed by atoms with Crippen molar-refractivity contribution in [2.45, 2.75) is 45.7 Å². The van der Waals surface area contributed by atoms with Gasteiger partial charge in [-0.1, -0.05) is 20.8 Å². The van der Waals surface area contributed by atoms with Gasteiger partial charge in [0.15, 0.2) is 0 Å². The van der Waals surface area contributed by atoms with Crippen molar-refractivity contribution in [1.29, 1.82) is 0 Å². The zero-order valence-corrected chi connectivity index (χ0v) is 12.5. The second-order valence-corrected chi connectivity index (χ2v) is 6.26. The lowest BCUT2D eigenvalue weighted by atomic mass is 9.98. The average Bonchev–Trinajstić information content (AvgIpc) is 2.89. The largest absolute Gasteiger partial charge is 0.311 e. The maximum Gasteiger partial charge on any atom is 0.0794 e. The highest BCUT2D eigenvalue weighted by atomic mass is 32.1. The van der Waals surface area contributed by atoms with Crippen LogP contribution in [0.25, 0.3) is 0 Å². The summed E-state index contributed by atoms with van der Waals surface area (Å²) in [5.74, 6) is 0.713. The predicted molar refractivity (Wildman–Crippen MR) is 78.1 cm³/mol. The van der Waals surface area contributed by atoms with Gasteiger partial charge in [0, 0.05) is 43.5 Å². The first-order valence-corrected chi connectivity index (χ1v) is 7.99. The normalized spacial score (nSPS) is 25.8. The first kappa shape index (κ1) is 14.0. The predicted octanol–water partition coefficient (Wildman–Crippen LogP) is 2.39. The smallest absolute Gasteiger partial charge is 0.0794 e. The van der Waals surface area contributed by atoms with Gasteiger partial charge in [-0.3, -0.25) is 4.90 Å². The van der Waals surface area contributed by atoms with Crippen molar-refractivity contribution in [2.24, 2.45) is 5.92 Å². The van der Waals surface area contributed by atoms with Gasteiger partial charge in [-0.15, -0.1) is 11.3 Å². The molecular formula is C14H25N3S. The lowest BCUT2D eigenvalue weighted by Gasteiger charge is -2.41. The van der Waals surface area contributed by atoms with Gasteiger partial charge in [-0.25, -0.2) is 4.98 Å². The number of thiazole rings is 1. The highest BCUT2D eigenvalue weighted by Gasteiger charge is 2.27. The SMILES string of the molecule is CCC1CNC(C(C)C)CN1CCc1cscn1. The summed E-state index contributed by atoms with van der Waals surface area (Å²) in [6.07, 6.45) is 2.32. The molecule has 1 aromatic rings. The molecule has 0 aromatic carbocycles. The van der Waals surface area contributed by atoms with E-state index >= 15 is 0 Å². The van der Waals surface area contributed by atoms with Crippen LogP contribution in [-0.4, -0.2) is 41.6 Å². The lowest BCUT2D eigenvalue weighted by molar-refractivity contribution is 0.111. The number of hydrogen-bond acceptors (Lipinski definition) is 4. The van der Waals surface area contributed by atoms with E-state index in [1.165, 1.54) is 18.7 Å². The molecule has 4 heteroatoms. The second-order valence-electron chi connectivity index (χ2n) is 5.55. The van der Waals surface area contributed by atoms with Gasteiger partial charge in [-0.05, 0) is 12.3 Å². The summed E-state index contributed by atoms with van der Waals surface area (Å²) >= 11 is 1.70. The van der Waals surface area contributed by atoms with Crippen LogP contribution in [0, 0.1) is 5.92 Å². The fraction of sp³-hybridized carbons (Fsp3) is 0.786. The Hall–Kier alpha value is -0.450. The topological polar surface area (TPSA) is 28.2 Å². The maximum atomic E-state index is 4.38. The molecule has 18 heavy (non-hydrogen) atoms. The van der Waals surface area contributed by atoms with Gasteiger partial charge < -0.3 is 5.32 Å². The molecule has 2 atom stereocenters. The molecule has 2 unspecified atom stereocenters. The third-order valence-electron chi connectivity index (χ3n) is 3.98. The van der Waals surface area contributed by atoms with Crippen LogP contribution >= 0.6 is 11.3 Å². The zero-order chi connectivity index (χ0) is 13.0. The minimum atomic E-state index is 0.642. The van der Waals surface area contributed by atoms with E-state index in [0.717, 1.165) is 19.5 Å². The summed E-state index contributed by atoms with van der Waals surface area (Å²) in [4.78, 5) is 7.04. The molecule has 0 amide bonds. The van der Waals surface area contributed by atoms with Gasteiger partial charge in [-0.2, -0.15) is 0 Å². The average molecular weight is 267 g/mol. The molecule has 2 rings (SSSR count). The Bertz CT molecular complexity index is 337. The molecule has 1 fully saturated rings. The fourth-order valence-corrected chi connectivity index (χ4v) is 3.22. The highest BCUT2D eigenvalue weighted by Crippen LogP contribution is 2.15. The zero-order valence-electron chi connectivity index (χ0n) is 11.7. The van der Waals surface area contributed by atoms with E-state index in [4.69, 9.17) is 0 Å². The number of piperazine rings is 1. The summed E-state index contributed by atoms with van der Waals surface area (Å²) in [5.41, 5.74) is 3.18. The van der Waals surface area contributed by atoms with E-state index in [-0.39, 0.29) is 0 Å². The van der Waals surface area contributed by atoms with E-state index in [1.54, 1.807) is 11.3 Å². The quantitative estimate of drug-likeness (QED) is 0.888. The van der Waals surface area contributed by atoms with Gasteiger partial charge in [0.2, 0.25) is 0 Å². The molecule has 0 bridgehead atoms. The summed E-state index contributed by atoms with van der Waals surface area (Å²) in [6.45, 7) is 10.4. The summed E-state index contributed by atoms with van der Waals surface area (Å²) in [5, 5.41) is 5.86. The minimum Gasteiger partial charge on any atom is -0.311 e. The Balaban J connectivity index is 1.89. The lowest BCUT2D eigenvalue weighted by Crippen LogP contribution is -2.58. The Morgan fingerprint density at radius 2 is 2.39 bits per heavy atom. The van der Waals surface area contributed by atoms with Gasteiger partial charge >= 0.3 is 0 Å². The van der Waals surface area contributed by atoms with Crippen molar-refractivity contribution in [3.63, 3.8) is 0 Å². The third-order valence-corrected chi connectivity index (χ3v) is 4.61.